The minimum absolute atomic E-state index is 0.155. The summed E-state index contributed by atoms with van der Waals surface area (Å²) in [7, 11) is 0. The van der Waals surface area contributed by atoms with Gasteiger partial charge in [0.15, 0.2) is 11.9 Å². The van der Waals surface area contributed by atoms with E-state index in [0.29, 0.717) is 23.7 Å². The summed E-state index contributed by atoms with van der Waals surface area (Å²) in [6, 6.07) is 13.1. The molecule has 2 atom stereocenters. The molecule has 4 rings (SSSR count). The fraction of sp³-hybridized carbons (Fsp3) is 0.450. The van der Waals surface area contributed by atoms with Crippen LogP contribution in [-0.2, 0) is 11.3 Å². The molecule has 2 aliphatic rings. The highest BCUT2D eigenvalue weighted by atomic mass is 16.7. The Bertz CT molecular complexity index is 747. The van der Waals surface area contributed by atoms with Crippen molar-refractivity contribution in [2.45, 2.75) is 38.3 Å². The van der Waals surface area contributed by atoms with Crippen molar-refractivity contribution in [3.05, 3.63) is 64.6 Å². The van der Waals surface area contributed by atoms with Crippen molar-refractivity contribution < 1.29 is 19.3 Å². The van der Waals surface area contributed by atoms with E-state index in [1.54, 1.807) is 12.1 Å². The van der Waals surface area contributed by atoms with Crippen LogP contribution in [-0.4, -0.2) is 29.6 Å². The lowest BCUT2D eigenvalue weighted by molar-refractivity contribution is -0.632. The maximum atomic E-state index is 12.7. The molecule has 138 valence electrons. The predicted octanol–water partition coefficient (Wildman–Crippen LogP) is 2.45. The van der Waals surface area contributed by atoms with E-state index in [4.69, 9.17) is 9.47 Å². The van der Waals surface area contributed by atoms with Crippen LogP contribution in [0.15, 0.2) is 42.5 Å². The largest absolute Gasteiger partial charge is 0.618 e. The van der Waals surface area contributed by atoms with Crippen LogP contribution in [0, 0.1) is 5.21 Å². The number of hydrogen-bond donors (Lipinski definition) is 1. The molecule has 1 fully saturated rings. The number of rotatable bonds is 4. The van der Waals surface area contributed by atoms with E-state index >= 15 is 0 Å². The Labute approximate surface area is 153 Å². The first-order valence-electron chi connectivity index (χ1n) is 9.21. The van der Waals surface area contributed by atoms with Gasteiger partial charge in [0.25, 0.3) is 5.69 Å². The van der Waals surface area contributed by atoms with Crippen LogP contribution in [0.3, 0.4) is 0 Å². The van der Waals surface area contributed by atoms with Gasteiger partial charge in [-0.25, -0.2) is 0 Å². The Morgan fingerprint density at radius 3 is 2.65 bits per heavy atom. The van der Waals surface area contributed by atoms with E-state index < -0.39 is 12.4 Å². The quantitative estimate of drug-likeness (QED) is 0.673. The van der Waals surface area contributed by atoms with Gasteiger partial charge in [0.2, 0.25) is 12.0 Å². The van der Waals surface area contributed by atoms with Gasteiger partial charge >= 0.3 is 0 Å². The second kappa shape index (κ2) is 7.61. The summed E-state index contributed by atoms with van der Waals surface area (Å²) < 4.78 is 12.3. The molecule has 1 aromatic carbocycles. The molecule has 2 unspecified atom stereocenters. The number of aliphatic hydroxyl groups is 1. The fourth-order valence-corrected chi connectivity index (χ4v) is 3.62. The molecule has 0 bridgehead atoms. The maximum absolute atomic E-state index is 12.7. The highest BCUT2D eigenvalue weighted by Crippen LogP contribution is 2.32. The molecule has 1 aromatic heterocycles. The zero-order chi connectivity index (χ0) is 17.9. The van der Waals surface area contributed by atoms with Crippen molar-refractivity contribution in [1.82, 2.24) is 4.90 Å². The summed E-state index contributed by atoms with van der Waals surface area (Å²) >= 11 is 0. The molecule has 6 heteroatoms. The number of benzene rings is 1. The lowest BCUT2D eigenvalue weighted by Crippen LogP contribution is -2.43. The summed E-state index contributed by atoms with van der Waals surface area (Å²) in [4.78, 5) is 2.21. The van der Waals surface area contributed by atoms with Crippen LogP contribution in [0.25, 0.3) is 0 Å². The number of piperidine rings is 1. The normalized spacial score (nSPS) is 21.7. The van der Waals surface area contributed by atoms with Gasteiger partial charge in [-0.1, -0.05) is 36.8 Å². The number of aliphatic hydroxyl groups excluding tert-OH is 1. The first-order chi connectivity index (χ1) is 12.7. The summed E-state index contributed by atoms with van der Waals surface area (Å²) in [5.41, 5.74) is 1.66. The van der Waals surface area contributed by atoms with Gasteiger partial charge in [0.1, 0.15) is 6.61 Å². The van der Waals surface area contributed by atoms with E-state index in [-0.39, 0.29) is 6.61 Å². The molecule has 0 aliphatic carbocycles. The highest BCUT2D eigenvalue weighted by Gasteiger charge is 2.31. The first-order valence-corrected chi connectivity index (χ1v) is 9.21. The van der Waals surface area contributed by atoms with Crippen molar-refractivity contribution in [1.29, 1.82) is 0 Å². The fourth-order valence-electron chi connectivity index (χ4n) is 3.62. The van der Waals surface area contributed by atoms with E-state index in [1.807, 2.05) is 30.3 Å². The van der Waals surface area contributed by atoms with Gasteiger partial charge in [0, 0.05) is 18.2 Å². The number of ether oxygens (including phenoxy) is 2. The Morgan fingerprint density at radius 1 is 1.12 bits per heavy atom. The second-order valence-corrected chi connectivity index (χ2v) is 6.91. The van der Waals surface area contributed by atoms with Crippen LogP contribution in [0.4, 0.5) is 0 Å². The molecule has 0 saturated carbocycles. The highest BCUT2D eigenvalue weighted by molar-refractivity contribution is 5.28. The lowest BCUT2D eigenvalue weighted by Gasteiger charge is -2.29. The Balaban J connectivity index is 1.50. The number of β-amino-alcohol motifs (C(OH)–C–C–N with tert-alkyl or cyclic N) is 1. The molecule has 26 heavy (non-hydrogen) atoms. The van der Waals surface area contributed by atoms with Crippen molar-refractivity contribution in [3.8, 4) is 5.75 Å². The van der Waals surface area contributed by atoms with Gasteiger partial charge < -0.3 is 24.7 Å². The number of hydrogen-bond acceptors (Lipinski definition) is 5. The predicted molar refractivity (Wildman–Crippen MR) is 95.3 cm³/mol. The number of aromatic nitrogens is 1. The van der Waals surface area contributed by atoms with Crippen LogP contribution in [0.2, 0.25) is 0 Å². The maximum Gasteiger partial charge on any atom is 0.261 e. The monoisotopic (exact) mass is 356 g/mol. The van der Waals surface area contributed by atoms with Crippen molar-refractivity contribution in [3.63, 3.8) is 0 Å². The number of pyridine rings is 1. The molecule has 1 saturated heterocycles. The molecular formula is C20H24N2O4. The summed E-state index contributed by atoms with van der Waals surface area (Å²) in [5, 5.41) is 23.3. The van der Waals surface area contributed by atoms with Gasteiger partial charge in [-0.05, 0) is 32.0 Å². The van der Waals surface area contributed by atoms with E-state index in [9.17, 15) is 10.3 Å². The third-order valence-electron chi connectivity index (χ3n) is 5.07. The Kier molecular flexibility index (Phi) is 5.06. The molecule has 6 nitrogen and oxygen atoms in total. The van der Waals surface area contributed by atoms with Crippen LogP contribution < -0.4 is 9.47 Å². The van der Waals surface area contributed by atoms with Gasteiger partial charge in [0.05, 0.1) is 0 Å². The Morgan fingerprint density at radius 2 is 1.88 bits per heavy atom. The summed E-state index contributed by atoms with van der Waals surface area (Å²) in [5.74, 6) is 0.508. The Hall–Kier alpha value is -2.15. The summed E-state index contributed by atoms with van der Waals surface area (Å²) in [6.07, 6.45) is 2.20. The van der Waals surface area contributed by atoms with Crippen molar-refractivity contribution in [2.75, 3.05) is 19.6 Å². The average Bonchev–Trinajstić information content (AvgIpc) is 2.69. The van der Waals surface area contributed by atoms with Crippen molar-refractivity contribution in [2.24, 2.45) is 0 Å². The number of likely N-dealkylation sites (tertiary alicyclic amines) is 1. The molecule has 3 heterocycles. The van der Waals surface area contributed by atoms with Gasteiger partial charge in [-0.3, -0.25) is 0 Å². The van der Waals surface area contributed by atoms with Gasteiger partial charge in [-0.15, -0.1) is 0 Å². The molecule has 0 amide bonds. The van der Waals surface area contributed by atoms with Crippen LogP contribution in [0.5, 0.6) is 5.75 Å². The minimum atomic E-state index is -0.817. The van der Waals surface area contributed by atoms with E-state index in [2.05, 4.69) is 4.90 Å². The molecular weight excluding hydrogens is 332 g/mol. The van der Waals surface area contributed by atoms with Crippen LogP contribution in [0.1, 0.15) is 48.6 Å². The third-order valence-corrected chi connectivity index (χ3v) is 5.07. The molecule has 0 spiro atoms. The second-order valence-electron chi connectivity index (χ2n) is 6.91. The molecule has 0 radical (unpaired) electrons. The van der Waals surface area contributed by atoms with Crippen molar-refractivity contribution >= 4 is 0 Å². The first kappa shape index (κ1) is 17.3. The molecule has 1 N–H and O–H groups in total. The summed E-state index contributed by atoms with van der Waals surface area (Å²) in [6.45, 7) is 2.59. The SMILES string of the molecule is [O-][n+]1c(C(O)CN2CCCCC2)ccc2c1COC(c1ccccc1)O2. The number of fused-ring (bicyclic) bond motifs is 1. The number of nitrogens with zero attached hydrogens (tertiary/aromatic N) is 2. The van der Waals surface area contributed by atoms with E-state index in [1.165, 1.54) is 6.42 Å². The average molecular weight is 356 g/mol. The standard InChI is InChI=1S/C20H24N2O4/c23-18(13-21-11-5-2-6-12-21)16-9-10-19-17(22(16)24)14-25-20(26-19)15-7-3-1-4-8-15/h1,3-4,7-10,18,20,23H,2,5-6,11-14H2. The zero-order valence-electron chi connectivity index (χ0n) is 14.7. The van der Waals surface area contributed by atoms with Gasteiger partial charge in [-0.2, -0.15) is 4.73 Å². The smallest absolute Gasteiger partial charge is 0.261 e. The topological polar surface area (TPSA) is 68.9 Å². The van der Waals surface area contributed by atoms with Crippen LogP contribution >= 0.6 is 0 Å². The van der Waals surface area contributed by atoms with E-state index in [0.717, 1.165) is 36.2 Å². The minimum Gasteiger partial charge on any atom is -0.618 e. The molecule has 2 aromatic rings. The lowest BCUT2D eigenvalue weighted by atomic mass is 10.1. The third kappa shape index (κ3) is 3.53. The zero-order valence-corrected chi connectivity index (χ0v) is 14.7. The molecule has 2 aliphatic heterocycles.